The summed E-state index contributed by atoms with van der Waals surface area (Å²) in [5.74, 6) is 0.688. The molecule has 0 aromatic carbocycles. The monoisotopic (exact) mass is 195 g/mol. The summed E-state index contributed by atoms with van der Waals surface area (Å²) < 4.78 is 1.91. The van der Waals surface area contributed by atoms with Crippen LogP contribution in [0.3, 0.4) is 0 Å². The second-order valence-corrected chi connectivity index (χ2v) is 3.57. The van der Waals surface area contributed by atoms with Crippen LogP contribution < -0.4 is 0 Å². The van der Waals surface area contributed by atoms with Crippen molar-refractivity contribution in [1.29, 1.82) is 0 Å². The van der Waals surface area contributed by atoms with E-state index >= 15 is 0 Å². The maximum Gasteiger partial charge on any atom is 0.134 e. The predicted molar refractivity (Wildman–Crippen MR) is 49.4 cm³/mol. The van der Waals surface area contributed by atoms with Gasteiger partial charge in [-0.15, -0.1) is 11.3 Å². The number of rotatable bonds is 3. The van der Waals surface area contributed by atoms with E-state index in [1.54, 1.807) is 23.0 Å². The highest BCUT2D eigenvalue weighted by atomic mass is 32.1. The van der Waals surface area contributed by atoms with Crippen molar-refractivity contribution < 1.29 is 5.11 Å². The number of aromatic nitrogens is 3. The van der Waals surface area contributed by atoms with Crippen molar-refractivity contribution in [3.05, 3.63) is 34.8 Å². The summed E-state index contributed by atoms with van der Waals surface area (Å²) in [6, 6.07) is 0. The Kier molecular flexibility index (Phi) is 2.37. The van der Waals surface area contributed by atoms with E-state index in [1.807, 2.05) is 17.0 Å². The van der Waals surface area contributed by atoms with Gasteiger partial charge in [0.15, 0.2) is 0 Å². The number of hydrogen-bond donors (Lipinski definition) is 1. The third kappa shape index (κ3) is 1.76. The number of nitrogens with zero attached hydrogens (tertiary/aromatic N) is 3. The van der Waals surface area contributed by atoms with E-state index in [1.165, 1.54) is 0 Å². The van der Waals surface area contributed by atoms with Gasteiger partial charge in [0.2, 0.25) is 0 Å². The maximum atomic E-state index is 8.94. The molecule has 13 heavy (non-hydrogen) atoms. The van der Waals surface area contributed by atoms with Crippen LogP contribution in [-0.4, -0.2) is 19.6 Å². The molecule has 68 valence electrons. The van der Waals surface area contributed by atoms with Gasteiger partial charge in [0.05, 0.1) is 12.1 Å². The summed E-state index contributed by atoms with van der Waals surface area (Å²) in [6.45, 7) is 0.715. The van der Waals surface area contributed by atoms with Crippen molar-refractivity contribution in [2.24, 2.45) is 0 Å². The fourth-order valence-corrected chi connectivity index (χ4v) is 1.72. The Bertz CT molecular complexity index is 368. The van der Waals surface area contributed by atoms with E-state index in [0.29, 0.717) is 5.82 Å². The normalized spacial score (nSPS) is 10.5. The SMILES string of the molecule is OCc1nccn1Cc1cncs1. The zero-order valence-corrected chi connectivity index (χ0v) is 7.74. The molecule has 2 aromatic rings. The summed E-state index contributed by atoms with van der Waals surface area (Å²) in [4.78, 5) is 9.15. The topological polar surface area (TPSA) is 50.9 Å². The zero-order valence-electron chi connectivity index (χ0n) is 6.92. The number of imidazole rings is 1. The Hall–Kier alpha value is -1.20. The number of aliphatic hydroxyl groups is 1. The van der Waals surface area contributed by atoms with Crippen molar-refractivity contribution in [2.75, 3.05) is 0 Å². The van der Waals surface area contributed by atoms with Crippen molar-refractivity contribution >= 4 is 11.3 Å². The van der Waals surface area contributed by atoms with E-state index in [2.05, 4.69) is 9.97 Å². The third-order valence-corrected chi connectivity index (χ3v) is 2.52. The lowest BCUT2D eigenvalue weighted by atomic mass is 10.5. The molecule has 0 aliphatic rings. The molecule has 0 atom stereocenters. The maximum absolute atomic E-state index is 8.94. The molecule has 0 saturated carbocycles. The van der Waals surface area contributed by atoms with Crippen molar-refractivity contribution in [3.63, 3.8) is 0 Å². The number of hydrogen-bond acceptors (Lipinski definition) is 4. The molecule has 4 nitrogen and oxygen atoms in total. The zero-order chi connectivity index (χ0) is 9.10. The van der Waals surface area contributed by atoms with Crippen LogP contribution in [0.5, 0.6) is 0 Å². The van der Waals surface area contributed by atoms with Crippen molar-refractivity contribution in [3.8, 4) is 0 Å². The summed E-state index contributed by atoms with van der Waals surface area (Å²) >= 11 is 1.60. The molecule has 0 amide bonds. The van der Waals surface area contributed by atoms with E-state index in [9.17, 15) is 0 Å². The van der Waals surface area contributed by atoms with E-state index < -0.39 is 0 Å². The quantitative estimate of drug-likeness (QED) is 0.791. The Morgan fingerprint density at radius 1 is 1.54 bits per heavy atom. The second kappa shape index (κ2) is 3.68. The van der Waals surface area contributed by atoms with Crippen LogP contribution in [0.4, 0.5) is 0 Å². The van der Waals surface area contributed by atoms with Gasteiger partial charge < -0.3 is 9.67 Å². The fourth-order valence-electron chi connectivity index (χ4n) is 1.12. The molecule has 2 heterocycles. The molecular weight excluding hydrogens is 186 g/mol. The van der Waals surface area contributed by atoms with Crippen molar-refractivity contribution in [2.45, 2.75) is 13.2 Å². The molecule has 2 rings (SSSR count). The van der Waals surface area contributed by atoms with Crippen molar-refractivity contribution in [1.82, 2.24) is 14.5 Å². The summed E-state index contributed by atoms with van der Waals surface area (Å²) in [5, 5.41) is 8.94. The minimum absolute atomic E-state index is 0.0220. The first-order valence-corrected chi connectivity index (χ1v) is 4.76. The molecule has 0 fully saturated rings. The molecule has 0 spiro atoms. The Morgan fingerprint density at radius 3 is 3.15 bits per heavy atom. The smallest absolute Gasteiger partial charge is 0.134 e. The average Bonchev–Trinajstić information content (AvgIpc) is 2.76. The molecule has 0 unspecified atom stereocenters. The Balaban J connectivity index is 2.18. The minimum Gasteiger partial charge on any atom is -0.388 e. The lowest BCUT2D eigenvalue weighted by molar-refractivity contribution is 0.266. The van der Waals surface area contributed by atoms with Crippen LogP contribution in [0.15, 0.2) is 24.1 Å². The van der Waals surface area contributed by atoms with Crippen LogP contribution in [0, 0.1) is 0 Å². The molecule has 0 bridgehead atoms. The highest BCUT2D eigenvalue weighted by molar-refractivity contribution is 7.09. The van der Waals surface area contributed by atoms with E-state index in [-0.39, 0.29) is 6.61 Å². The molecular formula is C8H9N3OS. The van der Waals surface area contributed by atoms with E-state index in [4.69, 9.17) is 5.11 Å². The predicted octanol–water partition coefficient (Wildman–Crippen LogP) is 0.880. The minimum atomic E-state index is -0.0220. The molecule has 0 aliphatic carbocycles. The van der Waals surface area contributed by atoms with Gasteiger partial charge in [-0.3, -0.25) is 4.98 Å². The Labute approximate surface area is 79.5 Å². The fraction of sp³-hybridized carbons (Fsp3) is 0.250. The molecule has 0 radical (unpaired) electrons. The first-order chi connectivity index (χ1) is 6.40. The largest absolute Gasteiger partial charge is 0.388 e. The summed E-state index contributed by atoms with van der Waals surface area (Å²) in [6.07, 6.45) is 5.36. The van der Waals surface area contributed by atoms with Gasteiger partial charge in [-0.2, -0.15) is 0 Å². The second-order valence-electron chi connectivity index (χ2n) is 2.60. The van der Waals surface area contributed by atoms with Gasteiger partial charge in [-0.1, -0.05) is 0 Å². The average molecular weight is 195 g/mol. The van der Waals surface area contributed by atoms with Crippen LogP contribution >= 0.6 is 11.3 Å². The van der Waals surface area contributed by atoms with Gasteiger partial charge >= 0.3 is 0 Å². The van der Waals surface area contributed by atoms with Crippen LogP contribution in [0.25, 0.3) is 0 Å². The standard InChI is InChI=1S/C8H9N3OS/c12-5-8-10-1-2-11(8)4-7-3-9-6-13-7/h1-3,6,12H,4-5H2. The van der Waals surface area contributed by atoms with Crippen LogP contribution in [0.2, 0.25) is 0 Å². The third-order valence-electron chi connectivity index (χ3n) is 1.75. The Morgan fingerprint density at radius 2 is 2.46 bits per heavy atom. The first kappa shape index (κ1) is 8.40. The first-order valence-electron chi connectivity index (χ1n) is 3.88. The van der Waals surface area contributed by atoms with Gasteiger partial charge in [0, 0.05) is 23.5 Å². The van der Waals surface area contributed by atoms with E-state index in [0.717, 1.165) is 11.4 Å². The highest BCUT2D eigenvalue weighted by Crippen LogP contribution is 2.09. The molecule has 0 aliphatic heterocycles. The van der Waals surface area contributed by atoms with Crippen LogP contribution in [-0.2, 0) is 13.2 Å². The lowest BCUT2D eigenvalue weighted by Gasteiger charge is -2.02. The van der Waals surface area contributed by atoms with Gasteiger partial charge in [-0.05, 0) is 0 Å². The molecule has 1 N–H and O–H groups in total. The van der Waals surface area contributed by atoms with Gasteiger partial charge in [0.1, 0.15) is 12.4 Å². The number of thiazole rings is 1. The molecule has 5 heteroatoms. The van der Waals surface area contributed by atoms with Gasteiger partial charge in [0.25, 0.3) is 0 Å². The highest BCUT2D eigenvalue weighted by Gasteiger charge is 2.02. The summed E-state index contributed by atoms with van der Waals surface area (Å²) in [5.41, 5.74) is 1.80. The van der Waals surface area contributed by atoms with Crippen LogP contribution in [0.1, 0.15) is 10.7 Å². The molecule has 2 aromatic heterocycles. The summed E-state index contributed by atoms with van der Waals surface area (Å²) in [7, 11) is 0. The lowest BCUT2D eigenvalue weighted by Crippen LogP contribution is -2.02. The molecule has 0 saturated heterocycles. The van der Waals surface area contributed by atoms with Gasteiger partial charge in [-0.25, -0.2) is 4.98 Å². The number of aliphatic hydroxyl groups excluding tert-OH is 1.